The van der Waals surface area contributed by atoms with Crippen molar-refractivity contribution in [1.82, 2.24) is 10.3 Å². The molecule has 3 rings (SSSR count). The first-order valence-electron chi connectivity index (χ1n) is 7.54. The summed E-state index contributed by atoms with van der Waals surface area (Å²) < 4.78 is 5.36. The van der Waals surface area contributed by atoms with Crippen molar-refractivity contribution in [2.45, 2.75) is 12.6 Å². The second-order valence-corrected chi connectivity index (χ2v) is 5.46. The van der Waals surface area contributed by atoms with E-state index < -0.39 is 6.04 Å². The van der Waals surface area contributed by atoms with Gasteiger partial charge in [0, 0.05) is 12.6 Å². The third kappa shape index (κ3) is 3.69. The minimum absolute atomic E-state index is 0.275. The molecular weight excluding hydrogens is 290 g/mol. The van der Waals surface area contributed by atoms with Crippen molar-refractivity contribution in [3.05, 3.63) is 71.8 Å². The monoisotopic (exact) mass is 309 g/mol. The van der Waals surface area contributed by atoms with Crippen LogP contribution in [0.2, 0.25) is 0 Å². The lowest BCUT2D eigenvalue weighted by Crippen LogP contribution is -2.50. The summed E-state index contributed by atoms with van der Waals surface area (Å²) in [6.45, 7) is 0.790. The first kappa shape index (κ1) is 15.1. The summed E-state index contributed by atoms with van der Waals surface area (Å²) in [5.74, 6) is 0.522. The van der Waals surface area contributed by atoms with Crippen molar-refractivity contribution in [2.75, 3.05) is 13.6 Å². The molecule has 0 radical (unpaired) electrons. The van der Waals surface area contributed by atoms with Crippen LogP contribution in [0.15, 0.2) is 65.8 Å². The summed E-state index contributed by atoms with van der Waals surface area (Å²) in [6.07, 6.45) is 0. The van der Waals surface area contributed by atoms with Gasteiger partial charge in [-0.25, -0.2) is 4.79 Å². The lowest BCUT2D eigenvalue weighted by Gasteiger charge is -2.30. The van der Waals surface area contributed by atoms with Crippen molar-refractivity contribution < 1.29 is 9.53 Å². The number of benzene rings is 2. The van der Waals surface area contributed by atoms with Crippen molar-refractivity contribution in [1.29, 1.82) is 0 Å². The van der Waals surface area contributed by atoms with E-state index in [-0.39, 0.29) is 12.6 Å². The summed E-state index contributed by atoms with van der Waals surface area (Å²) in [7, 11) is 1.92. The molecule has 1 atom stereocenters. The van der Waals surface area contributed by atoms with Gasteiger partial charge in [0.1, 0.15) is 6.61 Å². The molecule has 1 aliphatic heterocycles. The maximum absolute atomic E-state index is 12.2. The lowest BCUT2D eigenvalue weighted by atomic mass is 10.1. The number of nitrogens with zero attached hydrogens (tertiary/aromatic N) is 2. The predicted octanol–water partition coefficient (Wildman–Crippen LogP) is 2.00. The standard InChI is InChI=1S/C18H19N3O2/c1-21-12-16(18(22)23-13-14-8-4-2-5-9-14)19-20-17(21)15-10-6-3-7-11-15/h2-11,16,19H,12-13H2,1H3. The molecule has 2 aromatic carbocycles. The summed E-state index contributed by atoms with van der Waals surface area (Å²) >= 11 is 0. The van der Waals surface area contributed by atoms with Gasteiger partial charge in [-0.3, -0.25) is 5.43 Å². The largest absolute Gasteiger partial charge is 0.459 e. The van der Waals surface area contributed by atoms with Crippen LogP contribution in [0.25, 0.3) is 0 Å². The summed E-state index contributed by atoms with van der Waals surface area (Å²) in [5, 5.41) is 4.33. The Bertz CT molecular complexity index is 686. The van der Waals surface area contributed by atoms with Crippen molar-refractivity contribution >= 4 is 11.8 Å². The van der Waals surface area contributed by atoms with E-state index in [1.54, 1.807) is 0 Å². The Morgan fingerprint density at radius 1 is 1.17 bits per heavy atom. The number of amidine groups is 1. The molecule has 0 aromatic heterocycles. The number of rotatable bonds is 4. The number of ether oxygens (including phenoxy) is 1. The molecule has 0 saturated heterocycles. The molecule has 118 valence electrons. The fourth-order valence-electron chi connectivity index (χ4n) is 2.45. The first-order valence-corrected chi connectivity index (χ1v) is 7.54. The second kappa shape index (κ2) is 6.96. The molecule has 0 bridgehead atoms. The Labute approximate surface area is 135 Å². The average Bonchev–Trinajstić information content (AvgIpc) is 2.61. The van der Waals surface area contributed by atoms with Gasteiger partial charge in [0.2, 0.25) is 0 Å². The molecule has 1 N–H and O–H groups in total. The molecule has 23 heavy (non-hydrogen) atoms. The quantitative estimate of drug-likeness (QED) is 0.878. The lowest BCUT2D eigenvalue weighted by molar-refractivity contribution is -0.148. The van der Waals surface area contributed by atoms with Gasteiger partial charge in [-0.15, -0.1) is 0 Å². The van der Waals surface area contributed by atoms with E-state index >= 15 is 0 Å². The van der Waals surface area contributed by atoms with E-state index in [2.05, 4.69) is 10.5 Å². The molecule has 1 heterocycles. The van der Waals surface area contributed by atoms with Crippen LogP contribution < -0.4 is 5.43 Å². The van der Waals surface area contributed by atoms with Gasteiger partial charge in [-0.2, -0.15) is 5.10 Å². The number of hydrogen-bond acceptors (Lipinski definition) is 5. The molecular formula is C18H19N3O2. The van der Waals surface area contributed by atoms with Crippen LogP contribution in [0, 0.1) is 0 Å². The molecule has 1 aliphatic rings. The third-order valence-corrected chi connectivity index (χ3v) is 3.68. The number of hydrogen-bond donors (Lipinski definition) is 1. The summed E-state index contributed by atoms with van der Waals surface area (Å²) in [5.41, 5.74) is 4.89. The zero-order chi connectivity index (χ0) is 16.1. The number of esters is 1. The van der Waals surface area contributed by atoms with Gasteiger partial charge >= 0.3 is 5.97 Å². The van der Waals surface area contributed by atoms with Crippen LogP contribution in [-0.2, 0) is 16.1 Å². The number of likely N-dealkylation sites (N-methyl/N-ethyl adjacent to an activating group) is 1. The van der Waals surface area contributed by atoms with Crippen LogP contribution in [-0.4, -0.2) is 36.3 Å². The maximum atomic E-state index is 12.2. The summed E-state index contributed by atoms with van der Waals surface area (Å²) in [4.78, 5) is 14.1. The van der Waals surface area contributed by atoms with E-state index in [0.29, 0.717) is 6.54 Å². The minimum Gasteiger partial charge on any atom is -0.459 e. The van der Waals surface area contributed by atoms with Crippen LogP contribution in [0.3, 0.4) is 0 Å². The minimum atomic E-state index is -0.462. The van der Waals surface area contributed by atoms with Gasteiger partial charge in [-0.05, 0) is 5.56 Å². The number of nitrogens with one attached hydrogen (secondary N) is 1. The summed E-state index contributed by atoms with van der Waals surface area (Å²) in [6, 6.07) is 19.1. The molecule has 0 spiro atoms. The highest BCUT2D eigenvalue weighted by Gasteiger charge is 2.27. The van der Waals surface area contributed by atoms with Gasteiger partial charge in [-0.1, -0.05) is 60.7 Å². The zero-order valence-electron chi connectivity index (χ0n) is 13.0. The van der Waals surface area contributed by atoms with Crippen LogP contribution in [0.5, 0.6) is 0 Å². The Morgan fingerprint density at radius 3 is 2.48 bits per heavy atom. The first-order chi connectivity index (χ1) is 11.2. The SMILES string of the molecule is CN1CC(C(=O)OCc2ccccc2)NN=C1c1ccccc1. The number of carbonyl (C=O) groups is 1. The normalized spacial score (nSPS) is 17.2. The fraction of sp³-hybridized carbons (Fsp3) is 0.222. The topological polar surface area (TPSA) is 53.9 Å². The average molecular weight is 309 g/mol. The fourth-order valence-corrected chi connectivity index (χ4v) is 2.45. The van der Waals surface area contributed by atoms with Gasteiger partial charge < -0.3 is 9.64 Å². The van der Waals surface area contributed by atoms with Crippen molar-refractivity contribution in [3.63, 3.8) is 0 Å². The van der Waals surface area contributed by atoms with E-state index in [4.69, 9.17) is 4.74 Å². The molecule has 2 aromatic rings. The Hall–Kier alpha value is -2.82. The number of hydrazone groups is 1. The molecule has 5 heteroatoms. The van der Waals surface area contributed by atoms with Crippen molar-refractivity contribution in [3.8, 4) is 0 Å². The Balaban J connectivity index is 1.60. The molecule has 0 fully saturated rings. The van der Waals surface area contributed by atoms with Gasteiger partial charge in [0.25, 0.3) is 0 Å². The Morgan fingerprint density at radius 2 is 1.83 bits per heavy atom. The highest BCUT2D eigenvalue weighted by molar-refractivity contribution is 5.99. The number of carbonyl (C=O) groups excluding carboxylic acids is 1. The Kier molecular flexibility index (Phi) is 4.57. The molecule has 5 nitrogen and oxygen atoms in total. The highest BCUT2D eigenvalue weighted by atomic mass is 16.5. The van der Waals surface area contributed by atoms with E-state index in [1.165, 1.54) is 0 Å². The van der Waals surface area contributed by atoms with E-state index in [9.17, 15) is 4.79 Å². The molecule has 0 saturated carbocycles. The maximum Gasteiger partial charge on any atom is 0.332 e. The van der Waals surface area contributed by atoms with Crippen molar-refractivity contribution in [2.24, 2.45) is 5.10 Å². The van der Waals surface area contributed by atoms with Crippen LogP contribution in [0.4, 0.5) is 0 Å². The third-order valence-electron chi connectivity index (χ3n) is 3.68. The van der Waals surface area contributed by atoms with E-state index in [0.717, 1.165) is 17.0 Å². The van der Waals surface area contributed by atoms with Crippen LogP contribution >= 0.6 is 0 Å². The van der Waals surface area contributed by atoms with Gasteiger partial charge in [0.05, 0.1) is 6.54 Å². The highest BCUT2D eigenvalue weighted by Crippen LogP contribution is 2.10. The molecule has 0 amide bonds. The predicted molar refractivity (Wildman–Crippen MR) is 88.8 cm³/mol. The smallest absolute Gasteiger partial charge is 0.332 e. The zero-order valence-corrected chi connectivity index (χ0v) is 13.0. The van der Waals surface area contributed by atoms with Crippen LogP contribution in [0.1, 0.15) is 11.1 Å². The molecule has 0 aliphatic carbocycles. The van der Waals surface area contributed by atoms with E-state index in [1.807, 2.05) is 72.6 Å². The molecule has 1 unspecified atom stereocenters. The van der Waals surface area contributed by atoms with Gasteiger partial charge in [0.15, 0.2) is 11.9 Å². The second-order valence-electron chi connectivity index (χ2n) is 5.46.